The van der Waals surface area contributed by atoms with Crippen LogP contribution < -0.4 is 0 Å². The molecule has 0 amide bonds. The second-order valence-corrected chi connectivity index (χ2v) is 4.39. The molecular formula is C8H19LiO2. The van der Waals surface area contributed by atoms with Crippen molar-refractivity contribution in [3.8, 4) is 0 Å². The minimum absolute atomic E-state index is 0. The summed E-state index contributed by atoms with van der Waals surface area (Å²) in [6.07, 6.45) is 0. The second-order valence-electron chi connectivity index (χ2n) is 4.39. The molecule has 0 heterocycles. The summed E-state index contributed by atoms with van der Waals surface area (Å²) < 4.78 is 0. The van der Waals surface area contributed by atoms with Gasteiger partial charge in [0.2, 0.25) is 0 Å². The van der Waals surface area contributed by atoms with Crippen molar-refractivity contribution in [1.82, 2.24) is 0 Å². The molecular weight excluding hydrogens is 135 g/mol. The van der Waals surface area contributed by atoms with E-state index in [1.807, 2.05) is 41.5 Å². The summed E-state index contributed by atoms with van der Waals surface area (Å²) >= 11 is 0. The summed E-state index contributed by atoms with van der Waals surface area (Å²) in [6.45, 7) is 11.7. The molecule has 0 aliphatic carbocycles. The van der Waals surface area contributed by atoms with Gasteiger partial charge in [0.25, 0.3) is 0 Å². The van der Waals surface area contributed by atoms with E-state index in [9.17, 15) is 0 Å². The van der Waals surface area contributed by atoms with E-state index < -0.39 is 0 Å². The molecule has 0 aromatic heterocycles. The number of hydrogen-bond donors (Lipinski definition) is 0. The van der Waals surface area contributed by atoms with Crippen molar-refractivity contribution < 1.29 is 9.78 Å². The molecule has 0 saturated heterocycles. The molecule has 0 radical (unpaired) electrons. The van der Waals surface area contributed by atoms with Crippen molar-refractivity contribution in [3.05, 3.63) is 0 Å². The summed E-state index contributed by atoms with van der Waals surface area (Å²) in [5.74, 6) is 0. The Balaban J connectivity index is 0. The predicted molar refractivity (Wildman–Crippen MR) is 48.8 cm³/mol. The molecule has 3 heteroatoms. The van der Waals surface area contributed by atoms with Gasteiger partial charge in [-0.05, 0) is 41.5 Å². The van der Waals surface area contributed by atoms with Crippen molar-refractivity contribution >= 4 is 18.9 Å². The van der Waals surface area contributed by atoms with E-state index in [1.165, 1.54) is 0 Å². The molecule has 64 valence electrons. The van der Waals surface area contributed by atoms with Crippen LogP contribution in [0.3, 0.4) is 0 Å². The average Bonchev–Trinajstić information content (AvgIpc) is 1.57. The van der Waals surface area contributed by atoms with Gasteiger partial charge >= 0.3 is 18.9 Å². The third-order valence-corrected chi connectivity index (χ3v) is 0.542. The summed E-state index contributed by atoms with van der Waals surface area (Å²) in [5, 5.41) is 0. The van der Waals surface area contributed by atoms with Gasteiger partial charge in [-0.15, -0.1) is 0 Å². The molecule has 0 fully saturated rings. The van der Waals surface area contributed by atoms with E-state index in [-0.39, 0.29) is 30.1 Å². The molecule has 0 aliphatic heterocycles. The van der Waals surface area contributed by atoms with E-state index in [0.717, 1.165) is 0 Å². The fraction of sp³-hybridized carbons (Fsp3) is 1.00. The quantitative estimate of drug-likeness (QED) is 0.326. The summed E-state index contributed by atoms with van der Waals surface area (Å²) in [4.78, 5) is 10.2. The maximum atomic E-state index is 5.09. The maximum absolute atomic E-state index is 5.09. The Labute approximate surface area is 81.7 Å². The third kappa shape index (κ3) is 13.5. The third-order valence-electron chi connectivity index (χ3n) is 0.542. The van der Waals surface area contributed by atoms with Gasteiger partial charge < -0.3 is 0 Å². The molecule has 0 aromatic carbocycles. The van der Waals surface area contributed by atoms with Crippen LogP contribution in [-0.4, -0.2) is 30.1 Å². The van der Waals surface area contributed by atoms with Crippen LogP contribution in [0.15, 0.2) is 0 Å². The van der Waals surface area contributed by atoms with Crippen LogP contribution in [0.5, 0.6) is 0 Å². The first kappa shape index (κ1) is 14.1. The molecule has 0 saturated carbocycles. The van der Waals surface area contributed by atoms with Crippen molar-refractivity contribution in [2.75, 3.05) is 0 Å². The van der Waals surface area contributed by atoms with Gasteiger partial charge in [-0.1, -0.05) is 0 Å². The first-order valence-electron chi connectivity index (χ1n) is 3.57. The van der Waals surface area contributed by atoms with Crippen molar-refractivity contribution in [3.63, 3.8) is 0 Å². The van der Waals surface area contributed by atoms with Crippen LogP contribution in [-0.2, 0) is 9.78 Å². The van der Waals surface area contributed by atoms with Gasteiger partial charge in [0.1, 0.15) is 0 Å². The molecule has 11 heavy (non-hydrogen) atoms. The van der Waals surface area contributed by atoms with Gasteiger partial charge in [0, 0.05) is 0 Å². The number of hydrogen-bond acceptors (Lipinski definition) is 2. The zero-order valence-corrected chi connectivity index (χ0v) is 7.82. The van der Waals surface area contributed by atoms with E-state index in [1.54, 1.807) is 0 Å². The monoisotopic (exact) mass is 154 g/mol. The minimum atomic E-state index is -0.215. The standard InChI is InChI=1S/C8H18O2.Li.H/c1-7(2,3)9-10-8(4,5)6;;/h1-6H3;;. The van der Waals surface area contributed by atoms with Gasteiger partial charge in [-0.2, -0.15) is 0 Å². The first-order chi connectivity index (χ1) is 4.21. The van der Waals surface area contributed by atoms with E-state index in [0.29, 0.717) is 0 Å². The van der Waals surface area contributed by atoms with Crippen LogP contribution >= 0.6 is 0 Å². The Morgan fingerprint density at radius 2 is 0.818 bits per heavy atom. The van der Waals surface area contributed by atoms with Gasteiger partial charge in [0.15, 0.2) is 0 Å². The predicted octanol–water partition coefficient (Wildman–Crippen LogP) is 1.88. The molecule has 0 spiro atoms. The molecule has 0 N–H and O–H groups in total. The zero-order valence-electron chi connectivity index (χ0n) is 7.82. The van der Waals surface area contributed by atoms with E-state index in [2.05, 4.69) is 0 Å². The average molecular weight is 154 g/mol. The van der Waals surface area contributed by atoms with Crippen LogP contribution in [0.25, 0.3) is 0 Å². The van der Waals surface area contributed by atoms with Crippen molar-refractivity contribution in [1.29, 1.82) is 0 Å². The van der Waals surface area contributed by atoms with Crippen LogP contribution in [0, 0.1) is 0 Å². The van der Waals surface area contributed by atoms with Gasteiger partial charge in [0.05, 0.1) is 11.2 Å². The molecule has 0 aromatic rings. The fourth-order valence-corrected chi connectivity index (χ4v) is 0.250. The Bertz CT molecular complexity index is 85.6. The number of rotatable bonds is 1. The van der Waals surface area contributed by atoms with E-state index >= 15 is 0 Å². The SMILES string of the molecule is CC(C)(C)OOC(C)(C)C.[LiH]. The molecule has 0 unspecified atom stereocenters. The summed E-state index contributed by atoms with van der Waals surface area (Å²) in [5.41, 5.74) is -0.430. The van der Waals surface area contributed by atoms with Gasteiger partial charge in [-0.25, -0.2) is 9.78 Å². The first-order valence-corrected chi connectivity index (χ1v) is 3.57. The van der Waals surface area contributed by atoms with Gasteiger partial charge in [-0.3, -0.25) is 0 Å². The van der Waals surface area contributed by atoms with E-state index in [4.69, 9.17) is 9.78 Å². The molecule has 0 rings (SSSR count). The topological polar surface area (TPSA) is 18.5 Å². The van der Waals surface area contributed by atoms with Crippen LogP contribution in [0.2, 0.25) is 0 Å². The fourth-order valence-electron chi connectivity index (χ4n) is 0.250. The molecule has 2 nitrogen and oxygen atoms in total. The Morgan fingerprint density at radius 1 is 0.636 bits per heavy atom. The Hall–Kier alpha value is 0.517. The summed E-state index contributed by atoms with van der Waals surface area (Å²) in [6, 6.07) is 0. The van der Waals surface area contributed by atoms with Crippen molar-refractivity contribution in [2.24, 2.45) is 0 Å². The van der Waals surface area contributed by atoms with Crippen LogP contribution in [0.4, 0.5) is 0 Å². The molecule has 0 bridgehead atoms. The normalized spacial score (nSPS) is 12.5. The molecule has 0 aliphatic rings. The Morgan fingerprint density at radius 3 is 0.909 bits per heavy atom. The Kier molecular flexibility index (Phi) is 5.78. The van der Waals surface area contributed by atoms with Crippen molar-refractivity contribution in [2.45, 2.75) is 52.7 Å². The second kappa shape index (κ2) is 4.52. The zero-order chi connectivity index (χ0) is 8.41. The molecule has 0 atom stereocenters. The van der Waals surface area contributed by atoms with Crippen LogP contribution in [0.1, 0.15) is 41.5 Å². The summed E-state index contributed by atoms with van der Waals surface area (Å²) in [7, 11) is 0.